The fraction of sp³-hybridized carbons (Fsp3) is 0.846. The fourth-order valence-electron chi connectivity index (χ4n) is 2.48. The van der Waals surface area contributed by atoms with E-state index in [2.05, 4.69) is 5.32 Å². The van der Waals surface area contributed by atoms with E-state index < -0.39 is 24.6 Å². The van der Waals surface area contributed by atoms with E-state index >= 15 is 0 Å². The molecule has 0 bridgehead atoms. The van der Waals surface area contributed by atoms with Crippen LogP contribution in [0.25, 0.3) is 0 Å². The fourth-order valence-corrected chi connectivity index (χ4v) is 2.48. The summed E-state index contributed by atoms with van der Waals surface area (Å²) < 4.78 is 35.9. The Kier molecular flexibility index (Phi) is 6.77. The molecule has 2 N–H and O–H groups in total. The Balaban J connectivity index is 2.33. The van der Waals surface area contributed by atoms with Crippen molar-refractivity contribution in [2.75, 3.05) is 13.1 Å². The van der Waals surface area contributed by atoms with Crippen LogP contribution in [0.1, 0.15) is 44.9 Å². The molecule has 1 aliphatic rings. The molecule has 1 saturated carbocycles. The second-order valence-electron chi connectivity index (χ2n) is 5.26. The Labute approximate surface area is 121 Å². The topological polar surface area (TPSA) is 69.6 Å². The number of nitrogens with one attached hydrogen (secondary N) is 1. The van der Waals surface area contributed by atoms with Crippen molar-refractivity contribution in [1.29, 1.82) is 0 Å². The highest BCUT2D eigenvalue weighted by Crippen LogP contribution is 2.24. The summed E-state index contributed by atoms with van der Waals surface area (Å²) in [6, 6.07) is -0.590. The summed E-state index contributed by atoms with van der Waals surface area (Å²) in [6.45, 7) is -0.253. The van der Waals surface area contributed by atoms with Gasteiger partial charge in [0.05, 0.1) is 0 Å². The molecule has 8 heteroatoms. The van der Waals surface area contributed by atoms with Crippen LogP contribution in [0.4, 0.5) is 18.0 Å². The summed E-state index contributed by atoms with van der Waals surface area (Å²) in [6.07, 6.45) is -1.42. The van der Waals surface area contributed by atoms with Crippen LogP contribution < -0.4 is 5.32 Å². The number of carbonyl (C=O) groups is 2. The molecule has 5 nitrogen and oxygen atoms in total. The van der Waals surface area contributed by atoms with Crippen molar-refractivity contribution in [1.82, 2.24) is 10.2 Å². The molecule has 0 aliphatic heterocycles. The molecule has 122 valence electrons. The summed E-state index contributed by atoms with van der Waals surface area (Å²) in [4.78, 5) is 24.0. The third kappa shape index (κ3) is 7.19. The molecule has 1 aliphatic carbocycles. The van der Waals surface area contributed by atoms with Gasteiger partial charge in [0.1, 0.15) is 6.54 Å². The maximum absolute atomic E-state index is 12.0. The zero-order chi connectivity index (χ0) is 15.9. The van der Waals surface area contributed by atoms with E-state index in [1.54, 1.807) is 0 Å². The average molecular weight is 310 g/mol. The van der Waals surface area contributed by atoms with E-state index in [1.807, 2.05) is 0 Å². The van der Waals surface area contributed by atoms with Crippen LogP contribution in [0.5, 0.6) is 0 Å². The van der Waals surface area contributed by atoms with Gasteiger partial charge in [0.2, 0.25) is 0 Å². The summed E-state index contributed by atoms with van der Waals surface area (Å²) >= 11 is 0. The number of halogens is 3. The van der Waals surface area contributed by atoms with Gasteiger partial charge in [-0.1, -0.05) is 12.8 Å². The summed E-state index contributed by atoms with van der Waals surface area (Å²) in [5.41, 5.74) is 0. The van der Waals surface area contributed by atoms with E-state index in [9.17, 15) is 22.8 Å². The van der Waals surface area contributed by atoms with Gasteiger partial charge in [-0.2, -0.15) is 13.2 Å². The molecule has 0 spiro atoms. The molecule has 21 heavy (non-hydrogen) atoms. The van der Waals surface area contributed by atoms with Gasteiger partial charge in [0.25, 0.3) is 0 Å². The van der Waals surface area contributed by atoms with E-state index in [-0.39, 0.29) is 32.0 Å². The third-order valence-corrected chi connectivity index (χ3v) is 3.50. The van der Waals surface area contributed by atoms with Gasteiger partial charge < -0.3 is 15.3 Å². The van der Waals surface area contributed by atoms with Gasteiger partial charge in [-0.15, -0.1) is 0 Å². The quantitative estimate of drug-likeness (QED) is 0.710. The number of hydrogen-bond donors (Lipinski definition) is 2. The molecule has 0 aromatic carbocycles. The standard InChI is InChI=1S/C13H21F3N2O3/c14-13(15,16)7-3-4-8-17-12(21)18(9-11(19)20)10-5-1-2-6-10/h10H,1-9H2,(H,17,21)(H,19,20). The largest absolute Gasteiger partial charge is 0.480 e. The highest BCUT2D eigenvalue weighted by Gasteiger charge is 2.28. The molecule has 0 aromatic heterocycles. The summed E-state index contributed by atoms with van der Waals surface area (Å²) in [7, 11) is 0. The molecule has 0 heterocycles. The summed E-state index contributed by atoms with van der Waals surface area (Å²) in [5.74, 6) is -1.09. The number of hydrogen-bond acceptors (Lipinski definition) is 2. The van der Waals surface area contributed by atoms with E-state index in [0.717, 1.165) is 25.7 Å². The van der Waals surface area contributed by atoms with Crippen LogP contribution >= 0.6 is 0 Å². The van der Waals surface area contributed by atoms with E-state index in [0.29, 0.717) is 0 Å². The molecule has 0 aromatic rings. The van der Waals surface area contributed by atoms with Crippen LogP contribution in [-0.4, -0.2) is 47.3 Å². The molecule has 0 atom stereocenters. The Bertz CT molecular complexity index is 355. The van der Waals surface area contributed by atoms with Crippen LogP contribution in [0.3, 0.4) is 0 Å². The summed E-state index contributed by atoms with van der Waals surface area (Å²) in [5, 5.41) is 11.4. The maximum Gasteiger partial charge on any atom is 0.389 e. The number of unbranched alkanes of at least 4 members (excludes halogenated alkanes) is 1. The minimum Gasteiger partial charge on any atom is -0.480 e. The highest BCUT2D eigenvalue weighted by atomic mass is 19.4. The first-order valence-corrected chi connectivity index (χ1v) is 7.12. The third-order valence-electron chi connectivity index (χ3n) is 3.50. The molecule has 1 fully saturated rings. The van der Waals surface area contributed by atoms with Gasteiger partial charge in [-0.25, -0.2) is 4.79 Å². The predicted molar refractivity (Wildman–Crippen MR) is 69.9 cm³/mol. The molecule has 0 radical (unpaired) electrons. The first kappa shape index (κ1) is 17.6. The number of amides is 2. The van der Waals surface area contributed by atoms with Gasteiger partial charge in [0.15, 0.2) is 0 Å². The van der Waals surface area contributed by atoms with Crippen molar-refractivity contribution in [2.24, 2.45) is 0 Å². The number of nitrogens with zero attached hydrogens (tertiary/aromatic N) is 1. The monoisotopic (exact) mass is 310 g/mol. The molecule has 2 amide bonds. The Hall–Kier alpha value is -1.47. The second-order valence-corrected chi connectivity index (χ2v) is 5.26. The lowest BCUT2D eigenvalue weighted by Crippen LogP contribution is -2.47. The van der Waals surface area contributed by atoms with Gasteiger partial charge >= 0.3 is 18.2 Å². The van der Waals surface area contributed by atoms with Gasteiger partial charge in [-0.3, -0.25) is 4.79 Å². The van der Waals surface area contributed by atoms with Crippen LogP contribution in [0, 0.1) is 0 Å². The van der Waals surface area contributed by atoms with Crippen molar-refractivity contribution < 1.29 is 27.9 Å². The minimum atomic E-state index is -4.18. The SMILES string of the molecule is O=C(O)CN(C(=O)NCCCCC(F)(F)F)C1CCCC1. The Morgan fingerprint density at radius 3 is 2.33 bits per heavy atom. The number of carbonyl (C=O) groups excluding carboxylic acids is 1. The predicted octanol–water partition coefficient (Wildman–Crippen LogP) is 2.76. The number of alkyl halides is 3. The van der Waals surface area contributed by atoms with Crippen molar-refractivity contribution in [3.63, 3.8) is 0 Å². The normalized spacial score (nSPS) is 16.0. The molecule has 1 rings (SSSR count). The van der Waals surface area contributed by atoms with Crippen LogP contribution in [0.15, 0.2) is 0 Å². The lowest BCUT2D eigenvalue weighted by molar-refractivity contribution is -0.138. The van der Waals surface area contributed by atoms with Crippen LogP contribution in [0.2, 0.25) is 0 Å². The van der Waals surface area contributed by atoms with Gasteiger partial charge in [-0.05, 0) is 25.7 Å². The van der Waals surface area contributed by atoms with E-state index in [4.69, 9.17) is 5.11 Å². The van der Waals surface area contributed by atoms with Crippen molar-refractivity contribution in [3.05, 3.63) is 0 Å². The number of rotatable bonds is 7. The average Bonchev–Trinajstić information content (AvgIpc) is 2.87. The lowest BCUT2D eigenvalue weighted by Gasteiger charge is -2.27. The molecular weight excluding hydrogens is 289 g/mol. The van der Waals surface area contributed by atoms with Crippen molar-refractivity contribution in [3.8, 4) is 0 Å². The molecular formula is C13H21F3N2O3. The van der Waals surface area contributed by atoms with Crippen molar-refractivity contribution in [2.45, 2.75) is 57.2 Å². The zero-order valence-corrected chi connectivity index (χ0v) is 11.8. The number of carboxylic acids is 1. The second kappa shape index (κ2) is 8.09. The lowest BCUT2D eigenvalue weighted by atomic mass is 10.2. The first-order valence-electron chi connectivity index (χ1n) is 7.12. The Morgan fingerprint density at radius 2 is 1.81 bits per heavy atom. The van der Waals surface area contributed by atoms with Crippen molar-refractivity contribution >= 4 is 12.0 Å². The number of aliphatic carboxylic acids is 1. The minimum absolute atomic E-state index is 0.0495. The number of urea groups is 1. The first-order chi connectivity index (χ1) is 9.79. The molecule has 0 unspecified atom stereocenters. The number of carboxylic acid groups (broad SMARTS) is 1. The Morgan fingerprint density at radius 1 is 1.19 bits per heavy atom. The van der Waals surface area contributed by atoms with Gasteiger partial charge in [0, 0.05) is 19.0 Å². The maximum atomic E-state index is 12.0. The smallest absolute Gasteiger partial charge is 0.389 e. The highest BCUT2D eigenvalue weighted by molar-refractivity contribution is 5.80. The molecule has 0 saturated heterocycles. The van der Waals surface area contributed by atoms with Crippen LogP contribution in [-0.2, 0) is 4.79 Å². The zero-order valence-electron chi connectivity index (χ0n) is 11.8. The van der Waals surface area contributed by atoms with E-state index in [1.165, 1.54) is 4.90 Å².